The maximum atomic E-state index is 12.1. The minimum atomic E-state index is -0.910. The molecular formula is C40H40N2O7S. The summed E-state index contributed by atoms with van der Waals surface area (Å²) in [6.07, 6.45) is -0.712. The molecule has 0 radical (unpaired) electrons. The highest BCUT2D eigenvalue weighted by molar-refractivity contribution is 7.99. The van der Waals surface area contributed by atoms with Gasteiger partial charge >= 0.3 is 5.97 Å². The zero-order chi connectivity index (χ0) is 34.9. The van der Waals surface area contributed by atoms with E-state index in [-0.39, 0.29) is 43.5 Å². The zero-order valence-electron chi connectivity index (χ0n) is 27.7. The summed E-state index contributed by atoms with van der Waals surface area (Å²) in [5.74, 6) is 0.174. The summed E-state index contributed by atoms with van der Waals surface area (Å²) in [6, 6.07) is 35.5. The number of rotatable bonds is 14. The summed E-state index contributed by atoms with van der Waals surface area (Å²) in [5, 5.41) is 21.8. The second kappa shape index (κ2) is 16.8. The number of aromatic nitrogens is 1. The molecule has 10 heteroatoms. The number of carboxylic acid groups (broad SMARTS) is 1. The van der Waals surface area contributed by atoms with Crippen molar-refractivity contribution in [1.82, 2.24) is 10.3 Å². The van der Waals surface area contributed by atoms with Gasteiger partial charge in [0.1, 0.15) is 5.69 Å². The van der Waals surface area contributed by atoms with Crippen molar-refractivity contribution in [3.05, 3.63) is 131 Å². The molecule has 4 aromatic carbocycles. The highest BCUT2D eigenvalue weighted by Gasteiger charge is 2.38. The van der Waals surface area contributed by atoms with Crippen molar-refractivity contribution in [1.29, 1.82) is 0 Å². The maximum absolute atomic E-state index is 12.1. The summed E-state index contributed by atoms with van der Waals surface area (Å²) >= 11 is 1.51. The number of benzene rings is 4. The third kappa shape index (κ3) is 8.88. The minimum absolute atomic E-state index is 0.0218. The van der Waals surface area contributed by atoms with E-state index in [4.69, 9.17) is 24.0 Å². The van der Waals surface area contributed by atoms with Crippen molar-refractivity contribution in [2.45, 2.75) is 63.1 Å². The van der Waals surface area contributed by atoms with E-state index in [1.54, 1.807) is 0 Å². The minimum Gasteiger partial charge on any atom is -0.481 e. The summed E-state index contributed by atoms with van der Waals surface area (Å²) in [6.45, 7) is 2.42. The number of ether oxygens (including phenoxy) is 2. The van der Waals surface area contributed by atoms with Crippen LogP contribution in [0.5, 0.6) is 0 Å². The molecule has 1 aliphatic heterocycles. The molecule has 258 valence electrons. The van der Waals surface area contributed by atoms with Crippen molar-refractivity contribution in [2.24, 2.45) is 5.92 Å². The van der Waals surface area contributed by atoms with Crippen LogP contribution in [0.3, 0.4) is 0 Å². The van der Waals surface area contributed by atoms with Crippen LogP contribution in [-0.2, 0) is 32.2 Å². The Labute approximate surface area is 295 Å². The average Bonchev–Trinajstić information content (AvgIpc) is 3.59. The van der Waals surface area contributed by atoms with Gasteiger partial charge in [-0.2, -0.15) is 0 Å². The number of nitrogens with zero attached hydrogens (tertiary/aromatic N) is 1. The predicted molar refractivity (Wildman–Crippen MR) is 191 cm³/mol. The highest BCUT2D eigenvalue weighted by atomic mass is 32.2. The zero-order valence-corrected chi connectivity index (χ0v) is 28.6. The Kier molecular flexibility index (Phi) is 11.8. The molecule has 4 atom stereocenters. The Morgan fingerprint density at radius 2 is 1.44 bits per heavy atom. The second-order valence-electron chi connectivity index (χ2n) is 12.3. The van der Waals surface area contributed by atoms with E-state index in [1.165, 1.54) is 11.8 Å². The topological polar surface area (TPSA) is 131 Å². The number of oxazole rings is 1. The largest absolute Gasteiger partial charge is 0.481 e. The molecule has 5 aromatic rings. The van der Waals surface area contributed by atoms with E-state index in [2.05, 4.69) is 12.2 Å². The van der Waals surface area contributed by atoms with Crippen LogP contribution in [0.4, 0.5) is 0 Å². The highest BCUT2D eigenvalue weighted by Crippen LogP contribution is 2.44. The lowest BCUT2D eigenvalue weighted by Gasteiger charge is -2.41. The van der Waals surface area contributed by atoms with Crippen molar-refractivity contribution < 1.29 is 33.7 Å². The smallest absolute Gasteiger partial charge is 0.303 e. The molecule has 0 saturated carbocycles. The first-order chi connectivity index (χ1) is 24.4. The molecule has 0 unspecified atom stereocenters. The Bertz CT molecular complexity index is 1790. The van der Waals surface area contributed by atoms with Gasteiger partial charge in [-0.3, -0.25) is 9.59 Å². The molecule has 1 saturated heterocycles. The predicted octanol–water partition coefficient (Wildman–Crippen LogP) is 7.96. The monoisotopic (exact) mass is 692 g/mol. The molecule has 0 bridgehead atoms. The Balaban J connectivity index is 1.19. The van der Waals surface area contributed by atoms with Crippen LogP contribution in [0.15, 0.2) is 119 Å². The summed E-state index contributed by atoms with van der Waals surface area (Å²) in [7, 11) is 0. The van der Waals surface area contributed by atoms with Crippen LogP contribution >= 0.6 is 11.8 Å². The number of carbonyl (C=O) groups excluding carboxylic acids is 1. The average molecular weight is 693 g/mol. The molecule has 1 aromatic heterocycles. The van der Waals surface area contributed by atoms with E-state index >= 15 is 0 Å². The van der Waals surface area contributed by atoms with Crippen LogP contribution in [0.2, 0.25) is 0 Å². The van der Waals surface area contributed by atoms with Crippen LogP contribution < -0.4 is 5.32 Å². The van der Waals surface area contributed by atoms with Crippen LogP contribution in [0, 0.1) is 5.92 Å². The van der Waals surface area contributed by atoms with E-state index in [0.29, 0.717) is 23.9 Å². The van der Waals surface area contributed by atoms with Gasteiger partial charge in [-0.1, -0.05) is 128 Å². The van der Waals surface area contributed by atoms with Gasteiger partial charge < -0.3 is 29.4 Å². The fourth-order valence-electron chi connectivity index (χ4n) is 5.88. The van der Waals surface area contributed by atoms with E-state index < -0.39 is 12.3 Å². The van der Waals surface area contributed by atoms with Gasteiger partial charge in [-0.05, 0) is 23.1 Å². The van der Waals surface area contributed by atoms with Gasteiger partial charge in [0.2, 0.25) is 5.91 Å². The van der Waals surface area contributed by atoms with E-state index in [9.17, 15) is 14.7 Å². The number of aliphatic hydroxyl groups is 1. The van der Waals surface area contributed by atoms with Gasteiger partial charge in [0.25, 0.3) is 5.22 Å². The maximum Gasteiger partial charge on any atom is 0.303 e. The normalized spacial score (nSPS) is 18.8. The SMILES string of the molecule is C[C@@H]1[C@H](CSc2nc(-c3ccccc3)c(-c3ccccc3)o2)O[C@H](c2ccc(CNC(=O)CCCC(=O)O)cc2)O[C@@H]1c1ccc(CO)cc1. The molecule has 2 heterocycles. The number of aliphatic hydroxyl groups excluding tert-OH is 1. The van der Waals surface area contributed by atoms with E-state index in [0.717, 1.165) is 44.8 Å². The van der Waals surface area contributed by atoms with Crippen LogP contribution in [0.25, 0.3) is 22.6 Å². The Morgan fingerprint density at radius 3 is 2.10 bits per heavy atom. The standard InChI is InChI=1S/C40H40N2O7S/c1-26-33(25-50-40-42-36(29-9-4-2-5-10-29)38(49-40)30-11-6-3-7-12-30)47-39(48-37(26)31-19-17-28(24-43)18-20-31)32-21-15-27(16-22-32)23-41-34(44)13-8-14-35(45)46/h2-7,9-12,15-22,26,33,37,39,43H,8,13-14,23-25H2,1H3,(H,41,44)(H,45,46)/t26-,33+,37+,39+/m1/s1. The number of aliphatic carboxylic acids is 1. The van der Waals surface area contributed by atoms with Crippen LogP contribution in [0.1, 0.15) is 60.8 Å². The third-order valence-electron chi connectivity index (χ3n) is 8.72. The van der Waals surface area contributed by atoms with Crippen molar-refractivity contribution in [3.63, 3.8) is 0 Å². The van der Waals surface area contributed by atoms with E-state index in [1.807, 2.05) is 109 Å². The molecule has 9 nitrogen and oxygen atoms in total. The number of nitrogens with one attached hydrogen (secondary N) is 1. The van der Waals surface area contributed by atoms with Gasteiger partial charge in [-0.25, -0.2) is 4.98 Å². The van der Waals surface area contributed by atoms with Gasteiger partial charge in [0.05, 0.1) is 18.8 Å². The molecule has 0 spiro atoms. The number of amides is 1. The van der Waals surface area contributed by atoms with Gasteiger partial charge in [0, 0.05) is 47.7 Å². The number of carboxylic acids is 1. The number of hydrogen-bond acceptors (Lipinski definition) is 8. The lowest BCUT2D eigenvalue weighted by Crippen LogP contribution is -2.38. The molecule has 6 rings (SSSR count). The molecule has 3 N–H and O–H groups in total. The number of carbonyl (C=O) groups is 2. The molecular weight excluding hydrogens is 653 g/mol. The first-order valence-corrected chi connectivity index (χ1v) is 17.7. The molecule has 1 aliphatic rings. The van der Waals surface area contributed by atoms with Gasteiger partial charge in [-0.15, -0.1) is 0 Å². The van der Waals surface area contributed by atoms with Gasteiger partial charge in [0.15, 0.2) is 12.1 Å². The van der Waals surface area contributed by atoms with Crippen molar-refractivity contribution >= 4 is 23.6 Å². The lowest BCUT2D eigenvalue weighted by atomic mass is 9.91. The number of thioether (sulfide) groups is 1. The van der Waals surface area contributed by atoms with Crippen LogP contribution in [-0.4, -0.2) is 38.9 Å². The summed E-state index contributed by atoms with van der Waals surface area (Å²) in [5.41, 5.74) is 6.29. The first kappa shape index (κ1) is 35.1. The molecule has 0 aliphatic carbocycles. The lowest BCUT2D eigenvalue weighted by molar-refractivity contribution is -0.268. The summed E-state index contributed by atoms with van der Waals surface area (Å²) < 4.78 is 19.7. The number of hydrogen-bond donors (Lipinski definition) is 3. The summed E-state index contributed by atoms with van der Waals surface area (Å²) in [4.78, 5) is 27.8. The molecule has 1 fully saturated rings. The molecule has 1 amide bonds. The molecule has 50 heavy (non-hydrogen) atoms. The second-order valence-corrected chi connectivity index (χ2v) is 13.3. The fraction of sp³-hybridized carbons (Fsp3) is 0.275. The Hall–Kier alpha value is -4.74. The third-order valence-corrected chi connectivity index (χ3v) is 9.64. The quantitative estimate of drug-likeness (QED) is 0.0993. The van der Waals surface area contributed by atoms with Crippen molar-refractivity contribution in [2.75, 3.05) is 5.75 Å². The van der Waals surface area contributed by atoms with Crippen molar-refractivity contribution in [3.8, 4) is 22.6 Å². The Morgan fingerprint density at radius 1 is 0.800 bits per heavy atom. The fourth-order valence-corrected chi connectivity index (χ4v) is 6.87. The first-order valence-electron chi connectivity index (χ1n) is 16.7.